The average molecular weight is 439 g/mol. The van der Waals surface area contributed by atoms with Gasteiger partial charge < -0.3 is 10.1 Å². The molecule has 0 spiro atoms. The Kier molecular flexibility index (Phi) is 5.34. The van der Waals surface area contributed by atoms with Crippen molar-refractivity contribution in [3.63, 3.8) is 0 Å². The number of fused-ring (bicyclic) bond motifs is 1. The highest BCUT2D eigenvalue weighted by molar-refractivity contribution is 5.95. The molecule has 0 radical (unpaired) electrons. The third kappa shape index (κ3) is 3.84. The van der Waals surface area contributed by atoms with Crippen LogP contribution in [0.5, 0.6) is 5.75 Å². The highest BCUT2D eigenvalue weighted by atomic mass is 19.1. The molecule has 1 unspecified atom stereocenters. The van der Waals surface area contributed by atoms with E-state index in [9.17, 15) is 9.18 Å². The van der Waals surface area contributed by atoms with Crippen LogP contribution in [0.4, 0.5) is 4.39 Å². The molecule has 0 fully saturated rings. The molecule has 0 saturated carbocycles. The summed E-state index contributed by atoms with van der Waals surface area (Å²) in [6.45, 7) is 2.47. The van der Waals surface area contributed by atoms with Gasteiger partial charge in [-0.25, -0.2) is 4.39 Å². The SMILES string of the molecule is Cc1ccncc1-c1ccc(C2(NC(=O)c3ccc(F)cc3)CCOc3cccnc32)cc1. The van der Waals surface area contributed by atoms with Gasteiger partial charge in [0.1, 0.15) is 22.8 Å². The number of ether oxygens (including phenoxy) is 1. The number of rotatable bonds is 4. The molecule has 5 nitrogen and oxygen atoms in total. The average Bonchev–Trinajstić information content (AvgIpc) is 2.85. The summed E-state index contributed by atoms with van der Waals surface area (Å²) in [5.41, 5.74) is 4.26. The van der Waals surface area contributed by atoms with E-state index < -0.39 is 5.54 Å². The van der Waals surface area contributed by atoms with Crippen molar-refractivity contribution in [2.24, 2.45) is 0 Å². The van der Waals surface area contributed by atoms with Crippen LogP contribution in [0.15, 0.2) is 85.3 Å². The van der Waals surface area contributed by atoms with Gasteiger partial charge in [-0.2, -0.15) is 0 Å². The molecule has 0 bridgehead atoms. The summed E-state index contributed by atoms with van der Waals surface area (Å²) in [7, 11) is 0. The number of pyridine rings is 2. The van der Waals surface area contributed by atoms with Crippen LogP contribution < -0.4 is 10.1 Å². The molecule has 3 heterocycles. The van der Waals surface area contributed by atoms with Crippen molar-refractivity contribution >= 4 is 5.91 Å². The molecule has 5 rings (SSSR count). The molecule has 2 aromatic carbocycles. The fourth-order valence-corrected chi connectivity index (χ4v) is 4.30. The van der Waals surface area contributed by atoms with Crippen molar-refractivity contribution < 1.29 is 13.9 Å². The summed E-state index contributed by atoms with van der Waals surface area (Å²) in [5, 5.41) is 3.20. The van der Waals surface area contributed by atoms with Crippen molar-refractivity contribution in [3.8, 4) is 16.9 Å². The summed E-state index contributed by atoms with van der Waals surface area (Å²) >= 11 is 0. The first-order valence-corrected chi connectivity index (χ1v) is 10.7. The Morgan fingerprint density at radius 3 is 2.58 bits per heavy atom. The predicted octanol–water partition coefficient (Wildman–Crippen LogP) is 5.05. The maximum Gasteiger partial charge on any atom is 0.252 e. The number of nitrogens with one attached hydrogen (secondary N) is 1. The third-order valence-corrected chi connectivity index (χ3v) is 6.07. The Balaban J connectivity index is 1.59. The van der Waals surface area contributed by atoms with Crippen LogP contribution in [0.2, 0.25) is 0 Å². The van der Waals surface area contributed by atoms with E-state index in [1.807, 2.05) is 55.6 Å². The molecule has 1 aliphatic rings. The molecule has 33 heavy (non-hydrogen) atoms. The zero-order valence-electron chi connectivity index (χ0n) is 18.1. The van der Waals surface area contributed by atoms with Gasteiger partial charge in [0.2, 0.25) is 0 Å². The number of nitrogens with zero attached hydrogens (tertiary/aromatic N) is 2. The number of carbonyl (C=O) groups excluding carboxylic acids is 1. The lowest BCUT2D eigenvalue weighted by atomic mass is 9.80. The summed E-state index contributed by atoms with van der Waals surface area (Å²) in [6, 6.07) is 19.2. The lowest BCUT2D eigenvalue weighted by Gasteiger charge is -2.39. The lowest BCUT2D eigenvalue weighted by Crippen LogP contribution is -2.50. The van der Waals surface area contributed by atoms with E-state index in [-0.39, 0.29) is 11.7 Å². The van der Waals surface area contributed by atoms with E-state index in [0.29, 0.717) is 30.0 Å². The molecule has 6 heteroatoms. The van der Waals surface area contributed by atoms with Gasteiger partial charge in [-0.3, -0.25) is 14.8 Å². The molecule has 1 amide bonds. The number of hydrogen-bond acceptors (Lipinski definition) is 4. The largest absolute Gasteiger partial charge is 0.491 e. The molecular weight excluding hydrogens is 417 g/mol. The van der Waals surface area contributed by atoms with Gasteiger partial charge in [-0.15, -0.1) is 0 Å². The van der Waals surface area contributed by atoms with E-state index in [2.05, 4.69) is 15.3 Å². The van der Waals surface area contributed by atoms with Crippen LogP contribution in [0.3, 0.4) is 0 Å². The molecule has 0 saturated heterocycles. The Bertz CT molecular complexity index is 1310. The van der Waals surface area contributed by atoms with Crippen molar-refractivity contribution in [1.29, 1.82) is 0 Å². The lowest BCUT2D eigenvalue weighted by molar-refractivity contribution is 0.0883. The Morgan fingerprint density at radius 1 is 1.03 bits per heavy atom. The van der Waals surface area contributed by atoms with E-state index in [4.69, 9.17) is 4.74 Å². The van der Waals surface area contributed by atoms with Gasteiger partial charge >= 0.3 is 0 Å². The zero-order chi connectivity index (χ0) is 22.8. The second kappa shape index (κ2) is 8.47. The number of aromatic nitrogens is 2. The summed E-state index contributed by atoms with van der Waals surface area (Å²) < 4.78 is 19.2. The number of hydrogen-bond donors (Lipinski definition) is 1. The number of aryl methyl sites for hydroxylation is 1. The first-order valence-electron chi connectivity index (χ1n) is 10.7. The third-order valence-electron chi connectivity index (χ3n) is 6.07. The Labute approximate surface area is 191 Å². The van der Waals surface area contributed by atoms with E-state index in [1.165, 1.54) is 24.3 Å². The minimum atomic E-state index is -0.886. The normalized spacial score (nSPS) is 17.0. The van der Waals surface area contributed by atoms with Crippen molar-refractivity contribution in [3.05, 3.63) is 114 Å². The van der Waals surface area contributed by atoms with E-state index in [1.54, 1.807) is 12.4 Å². The number of benzene rings is 2. The molecule has 164 valence electrons. The van der Waals surface area contributed by atoms with Crippen LogP contribution in [0, 0.1) is 12.7 Å². The maximum atomic E-state index is 13.4. The first kappa shape index (κ1) is 20.8. The fourth-order valence-electron chi connectivity index (χ4n) is 4.30. The summed E-state index contributed by atoms with van der Waals surface area (Å²) in [6.07, 6.45) is 5.83. The molecule has 1 N–H and O–H groups in total. The highest BCUT2D eigenvalue weighted by Crippen LogP contribution is 2.41. The predicted molar refractivity (Wildman–Crippen MR) is 123 cm³/mol. The standard InChI is InChI=1S/C27H22FN3O2/c1-18-12-15-29-17-23(18)19-4-8-21(9-5-19)27(13-16-33-24-3-2-14-30-25(24)27)31-26(32)20-6-10-22(28)11-7-20/h2-12,14-15,17H,13,16H2,1H3,(H,31,32). The van der Waals surface area contributed by atoms with Gasteiger partial charge in [0.25, 0.3) is 5.91 Å². The molecule has 4 aromatic rings. The smallest absolute Gasteiger partial charge is 0.252 e. The quantitative estimate of drug-likeness (QED) is 0.484. The zero-order valence-corrected chi connectivity index (χ0v) is 18.1. The number of carbonyl (C=O) groups is 1. The van der Waals surface area contributed by atoms with Crippen molar-refractivity contribution in [1.82, 2.24) is 15.3 Å². The molecule has 2 aromatic heterocycles. The first-order chi connectivity index (χ1) is 16.1. The van der Waals surface area contributed by atoms with Gasteiger partial charge in [-0.05, 0) is 66.1 Å². The topological polar surface area (TPSA) is 64.1 Å². The second-order valence-electron chi connectivity index (χ2n) is 8.08. The second-order valence-corrected chi connectivity index (χ2v) is 8.08. The van der Waals surface area contributed by atoms with Gasteiger partial charge in [0.15, 0.2) is 0 Å². The maximum absolute atomic E-state index is 13.4. The summed E-state index contributed by atoms with van der Waals surface area (Å²) in [5.74, 6) is -0.0587. The van der Waals surface area contributed by atoms with Gasteiger partial charge in [-0.1, -0.05) is 24.3 Å². The van der Waals surface area contributed by atoms with E-state index >= 15 is 0 Å². The monoisotopic (exact) mass is 439 g/mol. The molecule has 1 aliphatic heterocycles. The minimum Gasteiger partial charge on any atom is -0.491 e. The van der Waals surface area contributed by atoms with Crippen molar-refractivity contribution in [2.45, 2.75) is 18.9 Å². The molecule has 0 aliphatic carbocycles. The van der Waals surface area contributed by atoms with Gasteiger partial charge in [0, 0.05) is 36.1 Å². The minimum absolute atomic E-state index is 0.305. The van der Waals surface area contributed by atoms with Crippen molar-refractivity contribution in [2.75, 3.05) is 6.61 Å². The fraction of sp³-hybridized carbons (Fsp3) is 0.148. The van der Waals surface area contributed by atoms with Crippen LogP contribution in [0.25, 0.3) is 11.1 Å². The van der Waals surface area contributed by atoms with E-state index in [0.717, 1.165) is 22.3 Å². The van der Waals surface area contributed by atoms with Crippen LogP contribution in [0.1, 0.15) is 33.6 Å². The highest BCUT2D eigenvalue weighted by Gasteiger charge is 2.42. The number of halogens is 1. The van der Waals surface area contributed by atoms with Crippen LogP contribution in [-0.2, 0) is 5.54 Å². The van der Waals surface area contributed by atoms with Gasteiger partial charge in [0.05, 0.1) is 6.61 Å². The number of amides is 1. The Morgan fingerprint density at radius 2 is 1.82 bits per heavy atom. The molecule has 1 atom stereocenters. The summed E-state index contributed by atoms with van der Waals surface area (Å²) in [4.78, 5) is 22.1. The Hall–Kier alpha value is -4.06. The van der Waals surface area contributed by atoms with Crippen LogP contribution in [-0.4, -0.2) is 22.5 Å². The van der Waals surface area contributed by atoms with Crippen LogP contribution >= 0.6 is 0 Å². The molecular formula is C27H22FN3O2.